The molecule has 0 aromatic heterocycles. The van der Waals surface area contributed by atoms with Crippen LogP contribution in [0.1, 0.15) is 123 Å². The van der Waals surface area contributed by atoms with Crippen molar-refractivity contribution >= 4 is 0 Å². The van der Waals surface area contributed by atoms with Gasteiger partial charge in [-0.25, -0.2) is 9.78 Å². The molecule has 1 unspecified atom stereocenters. The number of unbranched alkanes of at least 4 members (excludes halogenated alkanes) is 15. The Hall–Kier alpha value is -0.340. The fourth-order valence-corrected chi connectivity index (χ4v) is 3.23. The largest absolute Gasteiger partial charge is 0.233 e. The number of rotatable bonds is 21. The van der Waals surface area contributed by atoms with Gasteiger partial charge in [0.2, 0.25) is 0 Å². The van der Waals surface area contributed by atoms with E-state index in [4.69, 9.17) is 9.78 Å². The van der Waals surface area contributed by atoms with Crippen LogP contribution in [-0.4, -0.2) is 12.7 Å². The topological polar surface area (TPSA) is 18.5 Å². The van der Waals surface area contributed by atoms with Crippen LogP contribution < -0.4 is 0 Å². The lowest BCUT2D eigenvalue weighted by Crippen LogP contribution is -2.08. The van der Waals surface area contributed by atoms with Gasteiger partial charge in [-0.05, 0) is 13.3 Å². The Balaban J connectivity index is 3.06. The molecule has 0 saturated heterocycles. The first-order valence-electron chi connectivity index (χ1n) is 11.2. The van der Waals surface area contributed by atoms with Crippen LogP contribution >= 0.6 is 0 Å². The average Bonchev–Trinajstić information content (AvgIpc) is 2.61. The first-order valence-corrected chi connectivity index (χ1v) is 11.2. The van der Waals surface area contributed by atoms with Gasteiger partial charge in [0.15, 0.2) is 0 Å². The molecule has 0 N–H and O–H groups in total. The first-order chi connectivity index (χ1) is 12.3. The number of hydrogen-bond donors (Lipinski definition) is 0. The van der Waals surface area contributed by atoms with E-state index in [-0.39, 0.29) is 6.10 Å². The summed E-state index contributed by atoms with van der Waals surface area (Å²) in [7, 11) is 0. The van der Waals surface area contributed by atoms with Crippen molar-refractivity contribution in [2.45, 2.75) is 129 Å². The van der Waals surface area contributed by atoms with Gasteiger partial charge in [-0.3, -0.25) is 0 Å². The molecule has 0 fully saturated rings. The number of hydrogen-bond acceptors (Lipinski definition) is 2. The van der Waals surface area contributed by atoms with Crippen molar-refractivity contribution in [3.05, 3.63) is 12.7 Å². The molecule has 150 valence electrons. The van der Waals surface area contributed by atoms with Crippen LogP contribution in [0.5, 0.6) is 0 Å². The minimum absolute atomic E-state index is 0.201. The van der Waals surface area contributed by atoms with Gasteiger partial charge in [-0.2, -0.15) is 0 Å². The van der Waals surface area contributed by atoms with Crippen LogP contribution in [0, 0.1) is 0 Å². The molecule has 0 radical (unpaired) electrons. The van der Waals surface area contributed by atoms with Crippen molar-refractivity contribution in [1.82, 2.24) is 0 Å². The fraction of sp³-hybridized carbons (Fsp3) is 0.913. The van der Waals surface area contributed by atoms with Gasteiger partial charge in [0.1, 0.15) is 6.61 Å². The monoisotopic (exact) mass is 354 g/mol. The van der Waals surface area contributed by atoms with Crippen LogP contribution in [0.4, 0.5) is 0 Å². The van der Waals surface area contributed by atoms with Crippen molar-refractivity contribution in [3.8, 4) is 0 Å². The average molecular weight is 355 g/mol. The van der Waals surface area contributed by atoms with Gasteiger partial charge >= 0.3 is 0 Å². The van der Waals surface area contributed by atoms with Gasteiger partial charge < -0.3 is 0 Å². The highest BCUT2D eigenvalue weighted by Gasteiger charge is 2.02. The molecule has 0 amide bonds. The van der Waals surface area contributed by atoms with E-state index in [2.05, 4.69) is 20.4 Å². The molecule has 0 bridgehead atoms. The van der Waals surface area contributed by atoms with Crippen LogP contribution in [-0.2, 0) is 9.78 Å². The molecule has 0 saturated carbocycles. The van der Waals surface area contributed by atoms with Crippen molar-refractivity contribution in [3.63, 3.8) is 0 Å². The molecule has 0 aromatic rings. The Morgan fingerprint density at radius 3 is 1.48 bits per heavy atom. The molecule has 2 nitrogen and oxygen atoms in total. The lowest BCUT2D eigenvalue weighted by molar-refractivity contribution is -0.314. The lowest BCUT2D eigenvalue weighted by atomic mass is 10.0. The van der Waals surface area contributed by atoms with Gasteiger partial charge in [0.25, 0.3) is 0 Å². The van der Waals surface area contributed by atoms with Crippen molar-refractivity contribution < 1.29 is 9.78 Å². The normalized spacial score (nSPS) is 12.4. The Morgan fingerprint density at radius 1 is 0.680 bits per heavy atom. The minimum Gasteiger partial charge on any atom is -0.233 e. The summed E-state index contributed by atoms with van der Waals surface area (Å²) in [4.78, 5) is 10.2. The van der Waals surface area contributed by atoms with Crippen LogP contribution in [0.2, 0.25) is 0 Å². The van der Waals surface area contributed by atoms with Crippen LogP contribution in [0.15, 0.2) is 12.7 Å². The first kappa shape index (κ1) is 24.7. The molecular formula is C23H46O2. The highest BCUT2D eigenvalue weighted by Crippen LogP contribution is 2.14. The second-order valence-electron chi connectivity index (χ2n) is 7.57. The van der Waals surface area contributed by atoms with Gasteiger partial charge in [-0.1, -0.05) is 116 Å². The molecule has 0 heterocycles. The maximum absolute atomic E-state index is 5.24. The van der Waals surface area contributed by atoms with E-state index in [1.165, 1.54) is 103 Å². The summed E-state index contributed by atoms with van der Waals surface area (Å²) in [6.07, 6.45) is 25.6. The Bertz CT molecular complexity index is 252. The quantitative estimate of drug-likeness (QED) is 0.0895. The summed E-state index contributed by atoms with van der Waals surface area (Å²) in [5, 5.41) is 0. The van der Waals surface area contributed by atoms with Crippen LogP contribution in [0.3, 0.4) is 0 Å². The van der Waals surface area contributed by atoms with E-state index in [0.717, 1.165) is 6.42 Å². The lowest BCUT2D eigenvalue weighted by Gasteiger charge is -2.10. The second kappa shape index (κ2) is 21.7. The maximum atomic E-state index is 5.24. The summed E-state index contributed by atoms with van der Waals surface area (Å²) in [5.41, 5.74) is 0. The van der Waals surface area contributed by atoms with E-state index in [1.54, 1.807) is 6.08 Å². The standard InChI is InChI=1S/C23H46O2/c1-4-6-7-8-9-10-11-12-13-14-15-16-17-18-19-20-21-23(3)25-24-22-5-2/h5,23H,2,4,6-22H2,1,3H3. The second-order valence-corrected chi connectivity index (χ2v) is 7.57. The van der Waals surface area contributed by atoms with E-state index in [1.807, 2.05) is 0 Å². The molecule has 0 aliphatic heterocycles. The Labute approximate surface area is 158 Å². The predicted octanol–water partition coefficient (Wildman–Crippen LogP) is 8.16. The minimum atomic E-state index is 0.201. The van der Waals surface area contributed by atoms with E-state index in [0.29, 0.717) is 6.61 Å². The molecule has 0 aliphatic carbocycles. The molecule has 0 aromatic carbocycles. The van der Waals surface area contributed by atoms with Gasteiger partial charge in [0.05, 0.1) is 6.10 Å². The molecular weight excluding hydrogens is 308 g/mol. The van der Waals surface area contributed by atoms with Crippen molar-refractivity contribution in [2.75, 3.05) is 6.61 Å². The highest BCUT2D eigenvalue weighted by molar-refractivity contribution is 4.62. The molecule has 2 heteroatoms. The summed E-state index contributed by atoms with van der Waals surface area (Å²) >= 11 is 0. The fourth-order valence-electron chi connectivity index (χ4n) is 3.23. The van der Waals surface area contributed by atoms with Gasteiger partial charge in [-0.15, -0.1) is 6.58 Å². The molecule has 0 aliphatic rings. The summed E-state index contributed by atoms with van der Waals surface area (Å²) in [6.45, 7) is 8.44. The maximum Gasteiger partial charge on any atom is 0.100 e. The Morgan fingerprint density at radius 2 is 1.08 bits per heavy atom. The molecule has 0 spiro atoms. The molecule has 0 rings (SSSR count). The van der Waals surface area contributed by atoms with Crippen molar-refractivity contribution in [2.24, 2.45) is 0 Å². The molecule has 1 atom stereocenters. The van der Waals surface area contributed by atoms with E-state index in [9.17, 15) is 0 Å². The van der Waals surface area contributed by atoms with Crippen molar-refractivity contribution in [1.29, 1.82) is 0 Å². The van der Waals surface area contributed by atoms with E-state index >= 15 is 0 Å². The zero-order valence-corrected chi connectivity index (χ0v) is 17.4. The zero-order chi connectivity index (χ0) is 18.4. The zero-order valence-electron chi connectivity index (χ0n) is 17.4. The van der Waals surface area contributed by atoms with Gasteiger partial charge in [0, 0.05) is 0 Å². The molecule has 25 heavy (non-hydrogen) atoms. The Kier molecular flexibility index (Phi) is 21.4. The predicted molar refractivity (Wildman–Crippen MR) is 111 cm³/mol. The summed E-state index contributed by atoms with van der Waals surface area (Å²) < 4.78 is 0. The third kappa shape index (κ3) is 21.6. The SMILES string of the molecule is C=CCOOC(C)CCCCCCCCCCCCCCCCCC. The van der Waals surface area contributed by atoms with Crippen LogP contribution in [0.25, 0.3) is 0 Å². The third-order valence-electron chi connectivity index (χ3n) is 4.88. The third-order valence-corrected chi connectivity index (χ3v) is 4.88. The smallest absolute Gasteiger partial charge is 0.100 e. The summed E-state index contributed by atoms with van der Waals surface area (Å²) in [5.74, 6) is 0. The van der Waals surface area contributed by atoms with E-state index < -0.39 is 0 Å². The summed E-state index contributed by atoms with van der Waals surface area (Å²) in [6, 6.07) is 0. The highest BCUT2D eigenvalue weighted by atomic mass is 17.2.